The molecule has 1 atom stereocenters. The number of rotatable bonds is 6. The molecule has 1 N–H and O–H groups in total. The number of hydrogen-bond donors (Lipinski definition) is 1. The van der Waals surface area contributed by atoms with Gasteiger partial charge in [-0.1, -0.05) is 24.3 Å². The van der Waals surface area contributed by atoms with Gasteiger partial charge < -0.3 is 14.8 Å². The normalized spacial score (nSPS) is 16.1. The van der Waals surface area contributed by atoms with E-state index in [9.17, 15) is 4.79 Å². The Morgan fingerprint density at radius 3 is 2.77 bits per heavy atom. The van der Waals surface area contributed by atoms with Crippen LogP contribution in [0.15, 0.2) is 42.5 Å². The summed E-state index contributed by atoms with van der Waals surface area (Å²) < 4.78 is 10.5. The summed E-state index contributed by atoms with van der Waals surface area (Å²) in [5.74, 6) is 1.22. The molecule has 0 saturated carbocycles. The molecule has 0 saturated heterocycles. The van der Waals surface area contributed by atoms with Gasteiger partial charge in [0.15, 0.2) is 0 Å². The van der Waals surface area contributed by atoms with Crippen LogP contribution in [0.5, 0.6) is 11.5 Å². The third-order valence-corrected chi connectivity index (χ3v) is 4.95. The van der Waals surface area contributed by atoms with Crippen LogP contribution >= 0.6 is 0 Å². The Morgan fingerprint density at radius 2 is 2.00 bits per heavy atom. The fraction of sp³-hybridized carbons (Fsp3) is 0.381. The first kappa shape index (κ1) is 18.3. The first-order valence-electron chi connectivity index (χ1n) is 8.92. The molecule has 0 aliphatic heterocycles. The summed E-state index contributed by atoms with van der Waals surface area (Å²) in [5.41, 5.74) is 3.39. The van der Waals surface area contributed by atoms with E-state index in [1.54, 1.807) is 32.4 Å². The number of hydrogen-bond acceptors (Lipinski definition) is 4. The van der Waals surface area contributed by atoms with Crippen LogP contribution in [0.25, 0.3) is 0 Å². The predicted molar refractivity (Wildman–Crippen MR) is 103 cm³/mol. The Kier molecular flexibility index (Phi) is 5.78. The zero-order valence-electron chi connectivity index (χ0n) is 15.6. The zero-order chi connectivity index (χ0) is 18.5. The Hall–Kier alpha value is -2.53. The lowest BCUT2D eigenvalue weighted by molar-refractivity contribution is -0.117. The second-order valence-electron chi connectivity index (χ2n) is 6.64. The van der Waals surface area contributed by atoms with Crippen LogP contribution in [0.1, 0.15) is 30.0 Å². The van der Waals surface area contributed by atoms with Gasteiger partial charge in [-0.15, -0.1) is 0 Å². The molecule has 3 rings (SSSR count). The predicted octanol–water partition coefficient (Wildman–Crippen LogP) is 3.65. The highest BCUT2D eigenvalue weighted by molar-refractivity contribution is 5.93. The summed E-state index contributed by atoms with van der Waals surface area (Å²) in [4.78, 5) is 14.7. The Bertz CT molecular complexity index is 776. The van der Waals surface area contributed by atoms with Gasteiger partial charge in [-0.25, -0.2) is 0 Å². The second kappa shape index (κ2) is 8.23. The molecule has 5 heteroatoms. The summed E-state index contributed by atoms with van der Waals surface area (Å²) in [6, 6.07) is 14.2. The number of amides is 1. The lowest BCUT2D eigenvalue weighted by Crippen LogP contribution is -2.35. The molecule has 138 valence electrons. The highest BCUT2D eigenvalue weighted by Crippen LogP contribution is 2.33. The molecule has 0 heterocycles. The summed E-state index contributed by atoms with van der Waals surface area (Å²) in [7, 11) is 5.19. The molecule has 1 amide bonds. The van der Waals surface area contributed by atoms with Crippen molar-refractivity contribution in [2.24, 2.45) is 0 Å². The molecular weight excluding hydrogens is 328 g/mol. The van der Waals surface area contributed by atoms with Crippen LogP contribution in [-0.2, 0) is 11.2 Å². The first-order valence-corrected chi connectivity index (χ1v) is 8.92. The van der Waals surface area contributed by atoms with Crippen molar-refractivity contribution in [1.29, 1.82) is 0 Å². The first-order chi connectivity index (χ1) is 12.6. The van der Waals surface area contributed by atoms with Gasteiger partial charge in [0, 0.05) is 12.1 Å². The van der Waals surface area contributed by atoms with Crippen LogP contribution in [0.3, 0.4) is 0 Å². The van der Waals surface area contributed by atoms with Gasteiger partial charge in [0.25, 0.3) is 0 Å². The van der Waals surface area contributed by atoms with Crippen molar-refractivity contribution in [3.05, 3.63) is 53.6 Å². The van der Waals surface area contributed by atoms with Crippen molar-refractivity contribution < 1.29 is 14.3 Å². The van der Waals surface area contributed by atoms with Crippen molar-refractivity contribution in [2.75, 3.05) is 33.1 Å². The number of aryl methyl sites for hydroxylation is 1. The molecule has 0 bridgehead atoms. The van der Waals surface area contributed by atoms with Crippen molar-refractivity contribution in [3.8, 4) is 11.5 Å². The molecule has 5 nitrogen and oxygen atoms in total. The van der Waals surface area contributed by atoms with Gasteiger partial charge in [0.05, 0.1) is 26.5 Å². The number of nitrogens with one attached hydrogen (secondary N) is 1. The molecule has 0 spiro atoms. The van der Waals surface area contributed by atoms with E-state index in [4.69, 9.17) is 9.47 Å². The number of ether oxygens (including phenoxy) is 2. The van der Waals surface area contributed by atoms with Gasteiger partial charge >= 0.3 is 0 Å². The van der Waals surface area contributed by atoms with Gasteiger partial charge in [-0.3, -0.25) is 9.69 Å². The van der Waals surface area contributed by atoms with E-state index >= 15 is 0 Å². The quantitative estimate of drug-likeness (QED) is 0.860. The average molecular weight is 354 g/mol. The lowest BCUT2D eigenvalue weighted by atomic mass is 9.87. The average Bonchev–Trinajstić information content (AvgIpc) is 2.67. The van der Waals surface area contributed by atoms with E-state index in [0.29, 0.717) is 23.7 Å². The highest BCUT2D eigenvalue weighted by Gasteiger charge is 2.24. The molecule has 0 radical (unpaired) electrons. The Balaban J connectivity index is 1.67. The molecule has 26 heavy (non-hydrogen) atoms. The van der Waals surface area contributed by atoms with Crippen molar-refractivity contribution in [2.45, 2.75) is 25.3 Å². The number of nitrogens with zero attached hydrogens (tertiary/aromatic N) is 1. The van der Waals surface area contributed by atoms with E-state index < -0.39 is 0 Å². The van der Waals surface area contributed by atoms with Crippen molar-refractivity contribution in [3.63, 3.8) is 0 Å². The largest absolute Gasteiger partial charge is 0.497 e. The van der Waals surface area contributed by atoms with E-state index in [0.717, 1.165) is 19.3 Å². The maximum atomic E-state index is 12.6. The van der Waals surface area contributed by atoms with Crippen LogP contribution in [-0.4, -0.2) is 38.6 Å². The van der Waals surface area contributed by atoms with E-state index in [2.05, 4.69) is 34.5 Å². The van der Waals surface area contributed by atoms with Crippen LogP contribution in [0.4, 0.5) is 5.69 Å². The minimum absolute atomic E-state index is 0.0565. The molecule has 2 aromatic carbocycles. The van der Waals surface area contributed by atoms with Crippen molar-refractivity contribution in [1.82, 2.24) is 4.90 Å². The molecule has 0 fully saturated rings. The van der Waals surface area contributed by atoms with Gasteiger partial charge in [0.2, 0.25) is 5.91 Å². The summed E-state index contributed by atoms with van der Waals surface area (Å²) in [6.07, 6.45) is 3.35. The van der Waals surface area contributed by atoms with E-state index in [1.807, 2.05) is 7.05 Å². The monoisotopic (exact) mass is 354 g/mol. The molecular formula is C21H26N2O3. The van der Waals surface area contributed by atoms with Crippen LogP contribution < -0.4 is 14.8 Å². The van der Waals surface area contributed by atoms with Gasteiger partial charge in [-0.2, -0.15) is 0 Å². The summed E-state index contributed by atoms with van der Waals surface area (Å²) in [5, 5.41) is 2.95. The van der Waals surface area contributed by atoms with Crippen LogP contribution in [0.2, 0.25) is 0 Å². The second-order valence-corrected chi connectivity index (χ2v) is 6.64. The van der Waals surface area contributed by atoms with Gasteiger partial charge in [-0.05, 0) is 49.6 Å². The smallest absolute Gasteiger partial charge is 0.238 e. The standard InChI is InChI=1S/C21H26N2O3/c1-23(19-10-6-8-15-7-4-5-9-17(15)19)14-21(24)22-18-12-11-16(25-2)13-20(18)26-3/h4-5,7,9,11-13,19H,6,8,10,14H2,1-3H3,(H,22,24)/t19-/m0/s1. The molecule has 0 unspecified atom stereocenters. The third-order valence-electron chi connectivity index (χ3n) is 4.95. The lowest BCUT2D eigenvalue weighted by Gasteiger charge is -2.32. The molecule has 2 aromatic rings. The molecule has 0 aromatic heterocycles. The maximum Gasteiger partial charge on any atom is 0.238 e. The number of fused-ring (bicyclic) bond motifs is 1. The summed E-state index contributed by atoms with van der Waals surface area (Å²) >= 11 is 0. The highest BCUT2D eigenvalue weighted by atomic mass is 16.5. The Labute approximate surface area is 154 Å². The Morgan fingerprint density at radius 1 is 1.19 bits per heavy atom. The van der Waals surface area contributed by atoms with Crippen LogP contribution in [0, 0.1) is 0 Å². The van der Waals surface area contributed by atoms with E-state index in [-0.39, 0.29) is 11.9 Å². The number of methoxy groups -OCH3 is 2. The number of benzene rings is 2. The zero-order valence-corrected chi connectivity index (χ0v) is 15.6. The summed E-state index contributed by atoms with van der Waals surface area (Å²) in [6.45, 7) is 0.328. The third kappa shape index (κ3) is 3.99. The number of likely N-dealkylation sites (N-methyl/N-ethyl adjacent to an activating group) is 1. The number of carbonyl (C=O) groups is 1. The van der Waals surface area contributed by atoms with Gasteiger partial charge in [0.1, 0.15) is 11.5 Å². The fourth-order valence-corrected chi connectivity index (χ4v) is 3.61. The maximum absolute atomic E-state index is 12.6. The molecule has 1 aliphatic rings. The number of carbonyl (C=O) groups excluding carboxylic acids is 1. The fourth-order valence-electron chi connectivity index (χ4n) is 3.61. The number of anilines is 1. The topological polar surface area (TPSA) is 50.8 Å². The van der Waals surface area contributed by atoms with Crippen molar-refractivity contribution >= 4 is 11.6 Å². The SMILES string of the molecule is COc1ccc(NC(=O)CN(C)[C@H]2CCCc3ccccc32)c(OC)c1. The minimum atomic E-state index is -0.0565. The minimum Gasteiger partial charge on any atom is -0.497 e. The van der Waals surface area contributed by atoms with E-state index in [1.165, 1.54) is 11.1 Å². The molecule has 1 aliphatic carbocycles.